The molecule has 1 aliphatic rings. The molecular formula is C12H17NO2S. The number of nitrogens with zero attached hydrogens (tertiary/aromatic N) is 1. The van der Waals surface area contributed by atoms with Crippen LogP contribution in [0.4, 0.5) is 0 Å². The van der Waals surface area contributed by atoms with Crippen molar-refractivity contribution >= 4 is 17.5 Å². The van der Waals surface area contributed by atoms with E-state index in [9.17, 15) is 4.79 Å². The summed E-state index contributed by atoms with van der Waals surface area (Å²) in [5.41, 5.74) is 0.807. The maximum absolute atomic E-state index is 11.8. The first-order chi connectivity index (χ1) is 7.66. The van der Waals surface area contributed by atoms with Crippen molar-refractivity contribution in [1.82, 2.24) is 4.57 Å². The Kier molecular flexibility index (Phi) is 3.71. The van der Waals surface area contributed by atoms with Crippen molar-refractivity contribution in [3.05, 3.63) is 24.0 Å². The fourth-order valence-electron chi connectivity index (χ4n) is 1.87. The van der Waals surface area contributed by atoms with E-state index in [0.29, 0.717) is 11.0 Å². The van der Waals surface area contributed by atoms with Gasteiger partial charge in [-0.15, -0.1) is 11.8 Å². The van der Waals surface area contributed by atoms with Gasteiger partial charge in [0.1, 0.15) is 0 Å². The predicted octanol–water partition coefficient (Wildman–Crippen LogP) is 2.12. The first kappa shape index (κ1) is 11.7. The summed E-state index contributed by atoms with van der Waals surface area (Å²) in [6.45, 7) is 2.91. The highest BCUT2D eigenvalue weighted by atomic mass is 32.2. The number of ether oxygens (including phenoxy) is 1. The zero-order valence-corrected chi connectivity index (χ0v) is 10.5. The smallest absolute Gasteiger partial charge is 0.174 e. The molecule has 3 nitrogen and oxygen atoms in total. The molecule has 1 fully saturated rings. The Bertz CT molecular complexity index is 375. The molecule has 2 rings (SSSR count). The number of aryl methyl sites for hydroxylation is 1. The van der Waals surface area contributed by atoms with E-state index in [0.717, 1.165) is 18.6 Å². The highest BCUT2D eigenvalue weighted by molar-refractivity contribution is 8.00. The largest absolute Gasteiger partial charge is 0.377 e. The van der Waals surface area contributed by atoms with Gasteiger partial charge < -0.3 is 9.30 Å². The Balaban J connectivity index is 1.84. The topological polar surface area (TPSA) is 31.2 Å². The van der Waals surface area contributed by atoms with Crippen LogP contribution in [0.5, 0.6) is 0 Å². The maximum Gasteiger partial charge on any atom is 0.174 e. The number of carbonyl (C=O) groups is 1. The van der Waals surface area contributed by atoms with Crippen molar-refractivity contribution in [3.8, 4) is 0 Å². The average molecular weight is 239 g/mol. The van der Waals surface area contributed by atoms with Crippen LogP contribution >= 0.6 is 11.8 Å². The second-order valence-electron chi connectivity index (χ2n) is 4.20. The van der Waals surface area contributed by atoms with Gasteiger partial charge in [-0.05, 0) is 19.4 Å². The zero-order valence-electron chi connectivity index (χ0n) is 9.68. The Morgan fingerprint density at radius 1 is 1.69 bits per heavy atom. The normalized spacial score (nSPS) is 24.9. The Hall–Kier alpha value is -0.740. The summed E-state index contributed by atoms with van der Waals surface area (Å²) in [6, 6.07) is 1.87. The van der Waals surface area contributed by atoms with Gasteiger partial charge in [0.25, 0.3) is 0 Å². The molecule has 0 bridgehead atoms. The fraction of sp³-hybridized carbons (Fsp3) is 0.583. The lowest BCUT2D eigenvalue weighted by molar-refractivity contribution is 0.102. The summed E-state index contributed by atoms with van der Waals surface area (Å²) in [7, 11) is 1.93. The van der Waals surface area contributed by atoms with E-state index in [1.807, 2.05) is 30.1 Å². The first-order valence-electron chi connectivity index (χ1n) is 5.55. The summed E-state index contributed by atoms with van der Waals surface area (Å²) in [5, 5.41) is 0.479. The van der Waals surface area contributed by atoms with E-state index in [-0.39, 0.29) is 11.9 Å². The van der Waals surface area contributed by atoms with Crippen molar-refractivity contribution in [3.63, 3.8) is 0 Å². The van der Waals surface area contributed by atoms with Crippen LogP contribution in [0.3, 0.4) is 0 Å². The maximum atomic E-state index is 11.8. The second-order valence-corrected chi connectivity index (χ2v) is 5.43. The molecule has 16 heavy (non-hydrogen) atoms. The number of carbonyl (C=O) groups excluding carboxylic acids is 1. The SMILES string of the molecule is CC1OCCC1SCC(=O)c1ccn(C)c1. The standard InChI is InChI=1S/C12H17NO2S/c1-9-12(4-6-15-9)16-8-11(14)10-3-5-13(2)7-10/h3,5,7,9,12H,4,6,8H2,1-2H3. The number of hydrogen-bond acceptors (Lipinski definition) is 3. The lowest BCUT2D eigenvalue weighted by Gasteiger charge is -2.12. The Morgan fingerprint density at radius 2 is 2.50 bits per heavy atom. The zero-order chi connectivity index (χ0) is 11.5. The summed E-state index contributed by atoms with van der Waals surface area (Å²) >= 11 is 1.72. The van der Waals surface area contributed by atoms with Gasteiger partial charge in [-0.25, -0.2) is 0 Å². The van der Waals surface area contributed by atoms with Crippen molar-refractivity contribution in [2.24, 2.45) is 7.05 Å². The second kappa shape index (κ2) is 5.06. The predicted molar refractivity (Wildman–Crippen MR) is 66.0 cm³/mol. The van der Waals surface area contributed by atoms with Gasteiger partial charge in [-0.1, -0.05) is 0 Å². The van der Waals surface area contributed by atoms with Crippen molar-refractivity contribution in [1.29, 1.82) is 0 Å². The quantitative estimate of drug-likeness (QED) is 0.754. The number of ketones is 1. The summed E-state index contributed by atoms with van der Waals surface area (Å²) in [5.74, 6) is 0.771. The molecule has 0 aliphatic carbocycles. The van der Waals surface area contributed by atoms with Gasteiger partial charge in [-0.2, -0.15) is 0 Å². The minimum Gasteiger partial charge on any atom is -0.377 e. The summed E-state index contributed by atoms with van der Waals surface area (Å²) in [6.07, 6.45) is 5.12. The van der Waals surface area contributed by atoms with E-state index >= 15 is 0 Å². The molecule has 1 saturated heterocycles. The van der Waals surface area contributed by atoms with Crippen LogP contribution < -0.4 is 0 Å². The Morgan fingerprint density at radius 3 is 3.06 bits per heavy atom. The van der Waals surface area contributed by atoms with E-state index in [1.54, 1.807) is 11.8 Å². The first-order valence-corrected chi connectivity index (χ1v) is 6.60. The average Bonchev–Trinajstić information content (AvgIpc) is 2.84. The van der Waals surface area contributed by atoms with E-state index in [2.05, 4.69) is 6.92 Å². The van der Waals surface area contributed by atoms with Crippen LogP contribution in [0.2, 0.25) is 0 Å². The highest BCUT2D eigenvalue weighted by Crippen LogP contribution is 2.26. The molecule has 1 aromatic rings. The highest BCUT2D eigenvalue weighted by Gasteiger charge is 2.25. The number of aromatic nitrogens is 1. The van der Waals surface area contributed by atoms with Crippen LogP contribution in [0.15, 0.2) is 18.5 Å². The molecule has 0 amide bonds. The van der Waals surface area contributed by atoms with Crippen LogP contribution in [-0.4, -0.2) is 34.1 Å². The van der Waals surface area contributed by atoms with Crippen molar-refractivity contribution in [2.45, 2.75) is 24.7 Å². The molecule has 2 heterocycles. The molecule has 0 radical (unpaired) electrons. The van der Waals surface area contributed by atoms with Crippen LogP contribution in [-0.2, 0) is 11.8 Å². The minimum absolute atomic E-state index is 0.213. The van der Waals surface area contributed by atoms with E-state index in [1.165, 1.54) is 0 Å². The molecule has 0 saturated carbocycles. The molecule has 4 heteroatoms. The van der Waals surface area contributed by atoms with Gasteiger partial charge in [0.15, 0.2) is 5.78 Å². The number of thioether (sulfide) groups is 1. The van der Waals surface area contributed by atoms with Crippen molar-refractivity contribution in [2.75, 3.05) is 12.4 Å². The van der Waals surface area contributed by atoms with Crippen LogP contribution in [0, 0.1) is 0 Å². The van der Waals surface area contributed by atoms with E-state index < -0.39 is 0 Å². The molecule has 88 valence electrons. The molecule has 0 spiro atoms. The number of Topliss-reactive ketones (excluding diaryl/α,β-unsaturated/α-hetero) is 1. The van der Waals surface area contributed by atoms with Gasteiger partial charge in [0, 0.05) is 36.9 Å². The minimum atomic E-state index is 0.213. The third-order valence-corrected chi connectivity index (χ3v) is 4.37. The third kappa shape index (κ3) is 2.68. The van der Waals surface area contributed by atoms with E-state index in [4.69, 9.17) is 4.74 Å². The van der Waals surface area contributed by atoms with Crippen molar-refractivity contribution < 1.29 is 9.53 Å². The molecule has 1 aromatic heterocycles. The molecule has 2 unspecified atom stereocenters. The fourth-order valence-corrected chi connectivity index (χ4v) is 3.01. The van der Waals surface area contributed by atoms with Gasteiger partial charge >= 0.3 is 0 Å². The molecular weight excluding hydrogens is 222 g/mol. The van der Waals surface area contributed by atoms with Gasteiger partial charge in [-0.3, -0.25) is 4.79 Å². The summed E-state index contributed by atoms with van der Waals surface area (Å²) < 4.78 is 7.37. The van der Waals surface area contributed by atoms with Crippen LogP contribution in [0.1, 0.15) is 23.7 Å². The Labute approximate surface area is 100 Å². The monoisotopic (exact) mass is 239 g/mol. The third-order valence-electron chi connectivity index (χ3n) is 2.89. The van der Waals surface area contributed by atoms with Crippen LogP contribution in [0.25, 0.3) is 0 Å². The molecule has 0 aromatic carbocycles. The molecule has 1 aliphatic heterocycles. The number of rotatable bonds is 4. The van der Waals surface area contributed by atoms with Gasteiger partial charge in [0.2, 0.25) is 0 Å². The molecule has 0 N–H and O–H groups in total. The lowest BCUT2D eigenvalue weighted by Crippen LogP contribution is -2.16. The van der Waals surface area contributed by atoms with Gasteiger partial charge in [0.05, 0.1) is 11.9 Å². The molecule has 2 atom stereocenters. The summed E-state index contributed by atoms with van der Waals surface area (Å²) in [4.78, 5) is 11.8. The number of hydrogen-bond donors (Lipinski definition) is 0. The lowest BCUT2D eigenvalue weighted by atomic mass is 10.2.